The molecule has 0 aromatic heterocycles. The third-order valence-electron chi connectivity index (χ3n) is 5.26. The van der Waals surface area contributed by atoms with Crippen LogP contribution in [0.4, 0.5) is 0 Å². The van der Waals surface area contributed by atoms with Crippen LogP contribution in [0.2, 0.25) is 0 Å². The van der Waals surface area contributed by atoms with E-state index in [1.54, 1.807) is 0 Å². The van der Waals surface area contributed by atoms with Crippen LogP contribution in [0.1, 0.15) is 65.2 Å². The molecule has 2 N–H and O–H groups in total. The van der Waals surface area contributed by atoms with Crippen molar-refractivity contribution in [3.05, 3.63) is 0 Å². The van der Waals surface area contributed by atoms with Gasteiger partial charge in [0.2, 0.25) is 0 Å². The van der Waals surface area contributed by atoms with Crippen molar-refractivity contribution in [2.75, 3.05) is 6.61 Å². The van der Waals surface area contributed by atoms with Crippen LogP contribution >= 0.6 is 0 Å². The zero-order valence-corrected chi connectivity index (χ0v) is 10.8. The van der Waals surface area contributed by atoms with Crippen LogP contribution in [0.3, 0.4) is 0 Å². The highest BCUT2D eigenvalue weighted by Crippen LogP contribution is 2.55. The molecule has 2 saturated carbocycles. The van der Waals surface area contributed by atoms with E-state index in [2.05, 4.69) is 13.8 Å². The Morgan fingerprint density at radius 1 is 0.875 bits per heavy atom. The van der Waals surface area contributed by atoms with Crippen molar-refractivity contribution in [1.29, 1.82) is 0 Å². The maximum Gasteiger partial charge on any atom is 0.0725 e. The fraction of sp³-hybridized carbons (Fsp3) is 1.00. The van der Waals surface area contributed by atoms with Gasteiger partial charge < -0.3 is 10.2 Å². The first-order valence-corrected chi connectivity index (χ1v) is 6.76. The maximum absolute atomic E-state index is 10.9. The molecular weight excluding hydrogens is 200 g/mol. The van der Waals surface area contributed by atoms with E-state index in [1.807, 2.05) is 0 Å². The van der Waals surface area contributed by atoms with E-state index >= 15 is 0 Å². The fourth-order valence-corrected chi connectivity index (χ4v) is 3.56. The van der Waals surface area contributed by atoms with Gasteiger partial charge in [-0.25, -0.2) is 0 Å². The first kappa shape index (κ1) is 12.4. The smallest absolute Gasteiger partial charge is 0.0725 e. The summed E-state index contributed by atoms with van der Waals surface area (Å²) >= 11 is 0. The van der Waals surface area contributed by atoms with Gasteiger partial charge >= 0.3 is 0 Å². The van der Waals surface area contributed by atoms with E-state index in [-0.39, 0.29) is 12.0 Å². The van der Waals surface area contributed by atoms with Crippen molar-refractivity contribution in [1.82, 2.24) is 0 Å². The summed E-state index contributed by atoms with van der Waals surface area (Å²) in [6.07, 6.45) is 8.36. The molecule has 2 aliphatic carbocycles. The second kappa shape index (κ2) is 3.99. The van der Waals surface area contributed by atoms with Gasteiger partial charge in [0.05, 0.1) is 12.2 Å². The summed E-state index contributed by atoms with van der Waals surface area (Å²) in [7, 11) is 0. The minimum atomic E-state index is -0.590. The molecule has 2 heteroatoms. The minimum Gasteiger partial charge on any atom is -0.396 e. The first-order valence-electron chi connectivity index (χ1n) is 6.76. The van der Waals surface area contributed by atoms with Gasteiger partial charge in [0.15, 0.2) is 0 Å². The summed E-state index contributed by atoms with van der Waals surface area (Å²) in [5.74, 6) is 0. The third-order valence-corrected chi connectivity index (χ3v) is 5.26. The predicted octanol–water partition coefficient (Wildman–Crippen LogP) is 2.87. The van der Waals surface area contributed by atoms with Gasteiger partial charge in [-0.3, -0.25) is 0 Å². The molecule has 0 radical (unpaired) electrons. The Balaban J connectivity index is 2.12. The molecular formula is C14H26O2. The van der Waals surface area contributed by atoms with Crippen molar-refractivity contribution in [2.24, 2.45) is 10.8 Å². The van der Waals surface area contributed by atoms with Crippen molar-refractivity contribution in [3.63, 3.8) is 0 Å². The maximum atomic E-state index is 10.9. The standard InChI is InChI=1S/C14H26O2/c1-12(2)5-3-8-14(16,10-9-12)13(11-15)6-4-7-13/h15-16H,3-11H2,1-2H3. The van der Waals surface area contributed by atoms with Gasteiger partial charge in [0.1, 0.15) is 0 Å². The summed E-state index contributed by atoms with van der Waals surface area (Å²) in [6, 6.07) is 0. The quantitative estimate of drug-likeness (QED) is 0.711. The molecule has 0 spiro atoms. The summed E-state index contributed by atoms with van der Waals surface area (Å²) < 4.78 is 0. The molecule has 2 fully saturated rings. The number of aliphatic hydroxyl groups excluding tert-OH is 1. The summed E-state index contributed by atoms with van der Waals surface area (Å²) in [4.78, 5) is 0. The Morgan fingerprint density at radius 3 is 2.00 bits per heavy atom. The number of hydrogen-bond donors (Lipinski definition) is 2. The molecule has 0 heterocycles. The van der Waals surface area contributed by atoms with Crippen molar-refractivity contribution < 1.29 is 10.2 Å². The van der Waals surface area contributed by atoms with E-state index in [4.69, 9.17) is 0 Å². The molecule has 2 nitrogen and oxygen atoms in total. The lowest BCUT2D eigenvalue weighted by Crippen LogP contribution is -2.54. The van der Waals surface area contributed by atoms with Crippen molar-refractivity contribution in [2.45, 2.75) is 70.8 Å². The van der Waals surface area contributed by atoms with Crippen LogP contribution < -0.4 is 0 Å². The van der Waals surface area contributed by atoms with Crippen molar-refractivity contribution >= 4 is 0 Å². The van der Waals surface area contributed by atoms with E-state index in [0.717, 1.165) is 38.5 Å². The van der Waals surface area contributed by atoms with Gasteiger partial charge in [-0.1, -0.05) is 26.7 Å². The molecule has 0 bridgehead atoms. The third kappa shape index (κ3) is 1.91. The Kier molecular flexibility index (Phi) is 3.09. The van der Waals surface area contributed by atoms with Crippen LogP contribution in [0, 0.1) is 10.8 Å². The Hall–Kier alpha value is -0.0800. The number of hydrogen-bond acceptors (Lipinski definition) is 2. The normalized spacial score (nSPS) is 37.5. The second-order valence-corrected chi connectivity index (χ2v) is 6.84. The highest BCUT2D eigenvalue weighted by molar-refractivity contribution is 5.05. The lowest BCUT2D eigenvalue weighted by atomic mass is 9.57. The van der Waals surface area contributed by atoms with E-state index < -0.39 is 5.60 Å². The summed E-state index contributed by atoms with van der Waals surface area (Å²) in [5.41, 5.74) is -0.383. The number of rotatable bonds is 2. The molecule has 0 amide bonds. The Bertz CT molecular complexity index is 250. The van der Waals surface area contributed by atoms with Gasteiger partial charge in [-0.15, -0.1) is 0 Å². The monoisotopic (exact) mass is 226 g/mol. The average molecular weight is 226 g/mol. The van der Waals surface area contributed by atoms with Gasteiger partial charge in [-0.2, -0.15) is 0 Å². The molecule has 1 atom stereocenters. The van der Waals surface area contributed by atoms with Crippen LogP contribution in [0.15, 0.2) is 0 Å². The van der Waals surface area contributed by atoms with Gasteiger partial charge in [0.25, 0.3) is 0 Å². The van der Waals surface area contributed by atoms with Crippen molar-refractivity contribution in [3.8, 4) is 0 Å². The van der Waals surface area contributed by atoms with E-state index in [1.165, 1.54) is 12.8 Å². The topological polar surface area (TPSA) is 40.5 Å². The molecule has 16 heavy (non-hydrogen) atoms. The molecule has 0 aromatic rings. The highest BCUT2D eigenvalue weighted by atomic mass is 16.3. The SMILES string of the molecule is CC1(C)CCCC(O)(C2(CO)CCC2)CC1. The number of aliphatic hydroxyl groups is 2. The summed E-state index contributed by atoms with van der Waals surface area (Å²) in [6.45, 7) is 4.76. The molecule has 0 aromatic carbocycles. The van der Waals surface area contributed by atoms with Crippen LogP contribution in [-0.2, 0) is 0 Å². The first-order chi connectivity index (χ1) is 7.43. The zero-order valence-electron chi connectivity index (χ0n) is 10.8. The van der Waals surface area contributed by atoms with Gasteiger partial charge in [0, 0.05) is 5.41 Å². The van der Waals surface area contributed by atoms with Crippen LogP contribution in [0.25, 0.3) is 0 Å². The molecule has 2 aliphatic rings. The molecule has 0 saturated heterocycles. The second-order valence-electron chi connectivity index (χ2n) is 6.84. The lowest BCUT2D eigenvalue weighted by molar-refractivity contribution is -0.159. The zero-order chi connectivity index (χ0) is 11.9. The Labute approximate surface area is 99.1 Å². The fourth-order valence-electron chi connectivity index (χ4n) is 3.56. The molecule has 94 valence electrons. The minimum absolute atomic E-state index is 0.159. The largest absolute Gasteiger partial charge is 0.396 e. The van der Waals surface area contributed by atoms with Gasteiger partial charge in [-0.05, 0) is 43.9 Å². The molecule has 0 aliphatic heterocycles. The lowest BCUT2D eigenvalue weighted by Gasteiger charge is -2.52. The van der Waals surface area contributed by atoms with Crippen LogP contribution in [0.5, 0.6) is 0 Å². The molecule has 1 unspecified atom stereocenters. The average Bonchev–Trinajstić information content (AvgIpc) is 2.26. The van der Waals surface area contributed by atoms with E-state index in [9.17, 15) is 10.2 Å². The Morgan fingerprint density at radius 2 is 1.50 bits per heavy atom. The van der Waals surface area contributed by atoms with E-state index in [0.29, 0.717) is 5.41 Å². The molecule has 2 rings (SSSR count). The predicted molar refractivity (Wildman–Crippen MR) is 65.2 cm³/mol. The summed E-state index contributed by atoms with van der Waals surface area (Å²) in [5, 5.41) is 20.5. The highest BCUT2D eigenvalue weighted by Gasteiger charge is 2.53. The van der Waals surface area contributed by atoms with Crippen LogP contribution in [-0.4, -0.2) is 22.4 Å².